The first-order chi connectivity index (χ1) is 10.2. The highest BCUT2D eigenvalue weighted by Gasteiger charge is 2.34. The standard InChI is InChI=1S/C17H26N2O2/c1-3-21-17-10-13(4-7-16(17)20)11-19-9-8-14-5-6-15(12-19)18(14)2/h4,7,10,14-15,20H,3,5-6,8-9,11-12H2,1-2H3. The summed E-state index contributed by atoms with van der Waals surface area (Å²) in [6.07, 6.45) is 3.96. The van der Waals surface area contributed by atoms with Gasteiger partial charge in [-0.05, 0) is 50.9 Å². The molecule has 1 aromatic carbocycles. The van der Waals surface area contributed by atoms with Gasteiger partial charge in [-0.2, -0.15) is 0 Å². The number of ether oxygens (including phenoxy) is 1. The highest BCUT2D eigenvalue weighted by molar-refractivity contribution is 5.41. The van der Waals surface area contributed by atoms with Crippen LogP contribution in [0.3, 0.4) is 0 Å². The summed E-state index contributed by atoms with van der Waals surface area (Å²) in [7, 11) is 2.28. The summed E-state index contributed by atoms with van der Waals surface area (Å²) < 4.78 is 5.48. The Hall–Kier alpha value is -1.26. The van der Waals surface area contributed by atoms with Crippen LogP contribution in [0.4, 0.5) is 0 Å². The molecule has 2 atom stereocenters. The molecule has 1 aromatic rings. The molecule has 4 nitrogen and oxygen atoms in total. The Morgan fingerprint density at radius 2 is 2.05 bits per heavy atom. The lowest BCUT2D eigenvalue weighted by atomic mass is 10.1. The number of hydrogen-bond acceptors (Lipinski definition) is 4. The molecule has 0 saturated carbocycles. The number of fused-ring (bicyclic) bond motifs is 2. The van der Waals surface area contributed by atoms with Crippen LogP contribution >= 0.6 is 0 Å². The van der Waals surface area contributed by atoms with Crippen LogP contribution in [0.1, 0.15) is 31.7 Å². The van der Waals surface area contributed by atoms with Crippen LogP contribution in [-0.4, -0.2) is 53.7 Å². The van der Waals surface area contributed by atoms with E-state index < -0.39 is 0 Å². The van der Waals surface area contributed by atoms with Gasteiger partial charge in [0.1, 0.15) is 0 Å². The maximum atomic E-state index is 9.79. The van der Waals surface area contributed by atoms with Gasteiger partial charge < -0.3 is 9.84 Å². The van der Waals surface area contributed by atoms with E-state index >= 15 is 0 Å². The molecule has 21 heavy (non-hydrogen) atoms. The van der Waals surface area contributed by atoms with E-state index in [1.807, 2.05) is 19.1 Å². The summed E-state index contributed by atoms with van der Waals surface area (Å²) in [5.41, 5.74) is 1.22. The van der Waals surface area contributed by atoms with Gasteiger partial charge in [0.2, 0.25) is 0 Å². The molecule has 0 aliphatic carbocycles. The van der Waals surface area contributed by atoms with Crippen molar-refractivity contribution >= 4 is 0 Å². The Labute approximate surface area is 127 Å². The van der Waals surface area contributed by atoms with Gasteiger partial charge in [-0.3, -0.25) is 9.80 Å². The third-order valence-electron chi connectivity index (χ3n) is 4.96. The lowest BCUT2D eigenvalue weighted by Crippen LogP contribution is -2.36. The average Bonchev–Trinajstić information content (AvgIpc) is 2.71. The lowest BCUT2D eigenvalue weighted by Gasteiger charge is -2.25. The van der Waals surface area contributed by atoms with Gasteiger partial charge in [-0.1, -0.05) is 6.07 Å². The van der Waals surface area contributed by atoms with Gasteiger partial charge in [0.15, 0.2) is 11.5 Å². The van der Waals surface area contributed by atoms with Crippen LogP contribution in [0.2, 0.25) is 0 Å². The quantitative estimate of drug-likeness (QED) is 0.924. The topological polar surface area (TPSA) is 35.9 Å². The average molecular weight is 290 g/mol. The third-order valence-corrected chi connectivity index (χ3v) is 4.96. The number of phenolic OH excluding ortho intramolecular Hbond substituents is 1. The molecule has 3 rings (SSSR count). The minimum Gasteiger partial charge on any atom is -0.504 e. The van der Waals surface area contributed by atoms with Crippen LogP contribution in [0.5, 0.6) is 11.5 Å². The number of aromatic hydroxyl groups is 1. The molecule has 2 unspecified atom stereocenters. The summed E-state index contributed by atoms with van der Waals surface area (Å²) in [5, 5.41) is 9.79. The summed E-state index contributed by atoms with van der Waals surface area (Å²) in [5.74, 6) is 0.832. The predicted molar refractivity (Wildman–Crippen MR) is 83.7 cm³/mol. The largest absolute Gasteiger partial charge is 0.504 e. The summed E-state index contributed by atoms with van der Waals surface area (Å²) in [6, 6.07) is 7.21. The normalized spacial score (nSPS) is 26.8. The fourth-order valence-corrected chi connectivity index (χ4v) is 3.71. The molecule has 2 bridgehead atoms. The van der Waals surface area contributed by atoms with E-state index in [9.17, 15) is 5.11 Å². The highest BCUT2D eigenvalue weighted by Crippen LogP contribution is 2.30. The first kappa shape index (κ1) is 14.7. The van der Waals surface area contributed by atoms with E-state index in [-0.39, 0.29) is 5.75 Å². The van der Waals surface area contributed by atoms with Crippen LogP contribution < -0.4 is 4.74 Å². The molecule has 1 N–H and O–H groups in total. The van der Waals surface area contributed by atoms with E-state index in [1.165, 1.54) is 24.8 Å². The van der Waals surface area contributed by atoms with Gasteiger partial charge in [0.05, 0.1) is 6.61 Å². The number of rotatable bonds is 4. The SMILES string of the molecule is CCOc1cc(CN2CCC3CCC(C2)N3C)ccc1O. The molecule has 2 fully saturated rings. The van der Waals surface area contributed by atoms with Crippen molar-refractivity contribution in [1.82, 2.24) is 9.80 Å². The molecule has 0 amide bonds. The van der Waals surface area contributed by atoms with E-state index in [4.69, 9.17) is 4.74 Å². The van der Waals surface area contributed by atoms with E-state index in [0.29, 0.717) is 18.4 Å². The second kappa shape index (κ2) is 6.24. The van der Waals surface area contributed by atoms with Gasteiger partial charge in [0, 0.05) is 31.7 Å². The van der Waals surface area contributed by atoms with E-state index in [1.54, 1.807) is 6.07 Å². The second-order valence-electron chi connectivity index (χ2n) is 6.31. The number of phenols is 1. The summed E-state index contributed by atoms with van der Waals surface area (Å²) >= 11 is 0. The number of hydrogen-bond donors (Lipinski definition) is 1. The van der Waals surface area contributed by atoms with Crippen molar-refractivity contribution in [2.24, 2.45) is 0 Å². The van der Waals surface area contributed by atoms with Gasteiger partial charge >= 0.3 is 0 Å². The van der Waals surface area contributed by atoms with Gasteiger partial charge in [-0.15, -0.1) is 0 Å². The van der Waals surface area contributed by atoms with Crippen molar-refractivity contribution in [3.63, 3.8) is 0 Å². The first-order valence-corrected chi connectivity index (χ1v) is 8.06. The minimum atomic E-state index is 0.232. The molecule has 2 saturated heterocycles. The van der Waals surface area contributed by atoms with Crippen LogP contribution in [0, 0.1) is 0 Å². The summed E-state index contributed by atoms with van der Waals surface area (Å²) in [4.78, 5) is 5.12. The molecule has 2 aliphatic rings. The Balaban J connectivity index is 1.67. The maximum absolute atomic E-state index is 9.79. The molecule has 116 valence electrons. The Morgan fingerprint density at radius 1 is 1.24 bits per heavy atom. The van der Waals surface area contributed by atoms with E-state index in [2.05, 4.69) is 16.8 Å². The molecule has 0 aromatic heterocycles. The molecule has 2 aliphatic heterocycles. The Bertz CT molecular complexity index is 492. The fourth-order valence-electron chi connectivity index (χ4n) is 3.71. The zero-order valence-electron chi connectivity index (χ0n) is 13.1. The molecule has 0 spiro atoms. The number of likely N-dealkylation sites (tertiary alicyclic amines) is 1. The molecule has 0 radical (unpaired) electrons. The molecule has 2 heterocycles. The van der Waals surface area contributed by atoms with Crippen LogP contribution in [-0.2, 0) is 6.54 Å². The number of nitrogens with zero attached hydrogens (tertiary/aromatic N) is 2. The second-order valence-corrected chi connectivity index (χ2v) is 6.31. The van der Waals surface area contributed by atoms with Gasteiger partial charge in [0.25, 0.3) is 0 Å². The van der Waals surface area contributed by atoms with Crippen molar-refractivity contribution in [1.29, 1.82) is 0 Å². The number of likely N-dealkylation sites (N-methyl/N-ethyl adjacent to an activating group) is 1. The predicted octanol–water partition coefficient (Wildman–Crippen LogP) is 2.46. The zero-order chi connectivity index (χ0) is 14.8. The lowest BCUT2D eigenvalue weighted by molar-refractivity contribution is 0.214. The van der Waals surface area contributed by atoms with E-state index in [0.717, 1.165) is 25.7 Å². The molecular weight excluding hydrogens is 264 g/mol. The van der Waals surface area contributed by atoms with Crippen molar-refractivity contribution in [2.45, 2.75) is 44.8 Å². The van der Waals surface area contributed by atoms with Gasteiger partial charge in [-0.25, -0.2) is 0 Å². The fraction of sp³-hybridized carbons (Fsp3) is 0.647. The molecular formula is C17H26N2O2. The molecule has 4 heteroatoms. The van der Waals surface area contributed by atoms with Crippen molar-refractivity contribution in [3.05, 3.63) is 23.8 Å². The summed E-state index contributed by atoms with van der Waals surface area (Å²) in [6.45, 7) is 5.77. The number of benzene rings is 1. The first-order valence-electron chi connectivity index (χ1n) is 8.06. The van der Waals surface area contributed by atoms with Crippen molar-refractivity contribution in [3.8, 4) is 11.5 Å². The Morgan fingerprint density at radius 3 is 2.86 bits per heavy atom. The van der Waals surface area contributed by atoms with Crippen molar-refractivity contribution in [2.75, 3.05) is 26.7 Å². The maximum Gasteiger partial charge on any atom is 0.161 e. The smallest absolute Gasteiger partial charge is 0.161 e. The third kappa shape index (κ3) is 3.16. The van der Waals surface area contributed by atoms with Crippen molar-refractivity contribution < 1.29 is 9.84 Å². The van der Waals surface area contributed by atoms with Crippen LogP contribution in [0.15, 0.2) is 18.2 Å². The minimum absolute atomic E-state index is 0.232. The van der Waals surface area contributed by atoms with Crippen LogP contribution in [0.25, 0.3) is 0 Å². The highest BCUT2D eigenvalue weighted by atomic mass is 16.5. The monoisotopic (exact) mass is 290 g/mol. The zero-order valence-corrected chi connectivity index (χ0v) is 13.1. The Kier molecular flexibility index (Phi) is 4.36.